The Morgan fingerprint density at radius 1 is 1.77 bits per heavy atom. The largest absolute Gasteiger partial charge is 0.363 e. The van der Waals surface area contributed by atoms with E-state index in [0.29, 0.717) is 0 Å². The van der Waals surface area contributed by atoms with Crippen LogP contribution in [-0.2, 0) is 4.74 Å². The van der Waals surface area contributed by atoms with Crippen molar-refractivity contribution in [2.75, 3.05) is 7.11 Å². The highest BCUT2D eigenvalue weighted by Crippen LogP contribution is 2.21. The number of rotatable bonds is 3. The first kappa shape index (κ1) is 9.56. The molecule has 6 nitrogen and oxygen atoms in total. The van der Waals surface area contributed by atoms with Gasteiger partial charge in [-0.15, -0.1) is 0 Å². The van der Waals surface area contributed by atoms with E-state index in [1.54, 1.807) is 0 Å². The molecule has 0 fully saturated rings. The van der Waals surface area contributed by atoms with Crippen LogP contribution in [0.25, 0.3) is 0 Å². The molecule has 0 bridgehead atoms. The molecule has 0 spiro atoms. The van der Waals surface area contributed by atoms with Crippen molar-refractivity contribution in [2.45, 2.75) is 6.29 Å². The van der Waals surface area contributed by atoms with Crippen molar-refractivity contribution in [3.63, 3.8) is 0 Å². The number of aromatic nitrogens is 1. The molecule has 0 aliphatic carbocycles. The number of methoxy groups -OCH3 is 1. The molecule has 0 aliphatic heterocycles. The minimum absolute atomic E-state index is 0.0880. The summed E-state index contributed by atoms with van der Waals surface area (Å²) in [5.74, 6) is 0. The van der Waals surface area contributed by atoms with Crippen LogP contribution in [-0.4, -0.2) is 22.1 Å². The topological polar surface area (TPSA) is 85.5 Å². The summed E-state index contributed by atoms with van der Waals surface area (Å²) in [4.78, 5) is 13.5. The van der Waals surface area contributed by atoms with Gasteiger partial charge >= 0.3 is 0 Å². The van der Waals surface area contributed by atoms with Gasteiger partial charge in [0.2, 0.25) is 6.29 Å². The summed E-state index contributed by atoms with van der Waals surface area (Å²) in [5, 5.41) is 19.6. The second-order valence-corrected chi connectivity index (χ2v) is 2.25. The zero-order valence-corrected chi connectivity index (χ0v) is 6.88. The van der Waals surface area contributed by atoms with Crippen LogP contribution in [0, 0.1) is 10.1 Å². The number of nitro groups is 1. The number of hydrogen-bond donors (Lipinski definition) is 1. The van der Waals surface area contributed by atoms with Gasteiger partial charge in [-0.05, 0) is 6.07 Å². The van der Waals surface area contributed by atoms with Gasteiger partial charge in [0.05, 0.1) is 4.92 Å². The molecule has 13 heavy (non-hydrogen) atoms. The van der Waals surface area contributed by atoms with E-state index in [-0.39, 0.29) is 11.4 Å². The van der Waals surface area contributed by atoms with E-state index in [9.17, 15) is 10.1 Å². The monoisotopic (exact) mass is 184 g/mol. The highest BCUT2D eigenvalue weighted by atomic mass is 16.6. The van der Waals surface area contributed by atoms with Crippen LogP contribution < -0.4 is 0 Å². The molecule has 0 saturated heterocycles. The van der Waals surface area contributed by atoms with Gasteiger partial charge in [-0.25, -0.2) is 4.98 Å². The Morgan fingerprint density at radius 3 is 3.00 bits per heavy atom. The van der Waals surface area contributed by atoms with Crippen molar-refractivity contribution in [3.05, 3.63) is 34.1 Å². The average molecular weight is 184 g/mol. The summed E-state index contributed by atoms with van der Waals surface area (Å²) in [7, 11) is 1.24. The Balaban J connectivity index is 3.11. The molecule has 0 saturated carbocycles. The van der Waals surface area contributed by atoms with Crippen LogP contribution in [0.1, 0.15) is 12.0 Å². The number of ether oxygens (including phenoxy) is 1. The quantitative estimate of drug-likeness (QED) is 0.423. The van der Waals surface area contributed by atoms with Gasteiger partial charge in [-0.3, -0.25) is 10.1 Å². The number of aliphatic hydroxyl groups is 1. The fourth-order valence-electron chi connectivity index (χ4n) is 0.865. The van der Waals surface area contributed by atoms with Gasteiger partial charge < -0.3 is 9.84 Å². The van der Waals surface area contributed by atoms with Crippen LogP contribution in [0.3, 0.4) is 0 Å². The second kappa shape index (κ2) is 3.92. The van der Waals surface area contributed by atoms with Crippen molar-refractivity contribution in [1.82, 2.24) is 4.98 Å². The molecule has 1 N–H and O–H groups in total. The van der Waals surface area contributed by atoms with Gasteiger partial charge in [0, 0.05) is 19.4 Å². The maximum atomic E-state index is 10.4. The SMILES string of the molecule is CO[C@@H](O)c1ncccc1[N+](=O)[O-]. The fourth-order valence-corrected chi connectivity index (χ4v) is 0.865. The maximum absolute atomic E-state index is 10.4. The second-order valence-electron chi connectivity index (χ2n) is 2.25. The summed E-state index contributed by atoms with van der Waals surface area (Å²) < 4.78 is 4.52. The van der Waals surface area contributed by atoms with Crippen molar-refractivity contribution in [1.29, 1.82) is 0 Å². The highest BCUT2D eigenvalue weighted by Gasteiger charge is 2.20. The molecule has 1 aromatic rings. The summed E-state index contributed by atoms with van der Waals surface area (Å²) in [6.07, 6.45) is -0.00787. The third kappa shape index (κ3) is 1.98. The summed E-state index contributed by atoms with van der Waals surface area (Å²) in [6.45, 7) is 0. The number of hydrogen-bond acceptors (Lipinski definition) is 5. The van der Waals surface area contributed by atoms with E-state index in [1.165, 1.54) is 25.4 Å². The Kier molecular flexibility index (Phi) is 2.88. The first-order valence-corrected chi connectivity index (χ1v) is 3.47. The van der Waals surface area contributed by atoms with Gasteiger partial charge in [0.1, 0.15) is 0 Å². The van der Waals surface area contributed by atoms with E-state index in [1.807, 2.05) is 0 Å². The first-order valence-electron chi connectivity index (χ1n) is 3.47. The van der Waals surface area contributed by atoms with Crippen LogP contribution >= 0.6 is 0 Å². The lowest BCUT2D eigenvalue weighted by molar-refractivity contribution is -0.387. The Bertz CT molecular complexity index is 315. The predicted molar refractivity (Wildman–Crippen MR) is 42.9 cm³/mol. The van der Waals surface area contributed by atoms with Gasteiger partial charge in [0.15, 0.2) is 5.69 Å². The number of pyridine rings is 1. The van der Waals surface area contributed by atoms with E-state index in [2.05, 4.69) is 9.72 Å². The molecule has 70 valence electrons. The lowest BCUT2D eigenvalue weighted by atomic mass is 10.3. The van der Waals surface area contributed by atoms with Crippen molar-refractivity contribution < 1.29 is 14.8 Å². The molecular formula is C7H8N2O4. The van der Waals surface area contributed by atoms with Crippen molar-refractivity contribution in [2.24, 2.45) is 0 Å². The van der Waals surface area contributed by atoms with E-state index >= 15 is 0 Å². The van der Waals surface area contributed by atoms with Crippen molar-refractivity contribution in [3.8, 4) is 0 Å². The van der Waals surface area contributed by atoms with Gasteiger partial charge in [0.25, 0.3) is 5.69 Å². The molecule has 6 heteroatoms. The standard InChI is InChI=1S/C7H8N2O4/c1-13-7(10)6-5(9(11)12)3-2-4-8-6/h2-4,7,10H,1H3/t7-/m1/s1. The average Bonchev–Trinajstić information content (AvgIpc) is 2.16. The normalized spacial score (nSPS) is 12.5. The number of aliphatic hydroxyl groups excluding tert-OH is 1. The van der Waals surface area contributed by atoms with Crippen LogP contribution in [0.2, 0.25) is 0 Å². The third-order valence-electron chi connectivity index (χ3n) is 1.47. The van der Waals surface area contributed by atoms with Crippen LogP contribution in [0.4, 0.5) is 5.69 Å². The molecule has 0 aliphatic rings. The van der Waals surface area contributed by atoms with Gasteiger partial charge in [-0.1, -0.05) is 0 Å². The minimum Gasteiger partial charge on any atom is -0.363 e. The molecule has 0 unspecified atom stereocenters. The molecule has 1 atom stereocenters. The summed E-state index contributed by atoms with van der Waals surface area (Å²) in [5.41, 5.74) is -0.341. The zero-order valence-electron chi connectivity index (χ0n) is 6.88. The maximum Gasteiger partial charge on any atom is 0.296 e. The first-order chi connectivity index (χ1) is 6.16. The lowest BCUT2D eigenvalue weighted by Crippen LogP contribution is -2.06. The van der Waals surface area contributed by atoms with Crippen LogP contribution in [0.5, 0.6) is 0 Å². The summed E-state index contributed by atoms with van der Waals surface area (Å²) >= 11 is 0. The zero-order chi connectivity index (χ0) is 9.84. The highest BCUT2D eigenvalue weighted by molar-refractivity contribution is 5.34. The molecule has 0 radical (unpaired) electrons. The molecule has 1 heterocycles. The van der Waals surface area contributed by atoms with Gasteiger partial charge in [-0.2, -0.15) is 0 Å². The molecule has 1 rings (SSSR count). The molecule has 1 aromatic heterocycles. The Hall–Kier alpha value is -1.53. The molecule has 0 aromatic carbocycles. The Labute approximate surface area is 73.9 Å². The van der Waals surface area contributed by atoms with Crippen molar-refractivity contribution >= 4 is 5.69 Å². The van der Waals surface area contributed by atoms with E-state index < -0.39 is 11.2 Å². The molecular weight excluding hydrogens is 176 g/mol. The lowest BCUT2D eigenvalue weighted by Gasteiger charge is -2.06. The fraction of sp³-hybridized carbons (Fsp3) is 0.286. The Morgan fingerprint density at radius 2 is 2.46 bits per heavy atom. The van der Waals surface area contributed by atoms with Crippen LogP contribution in [0.15, 0.2) is 18.3 Å². The third-order valence-corrected chi connectivity index (χ3v) is 1.47. The van der Waals surface area contributed by atoms with E-state index in [0.717, 1.165) is 0 Å². The summed E-state index contributed by atoms with van der Waals surface area (Å²) in [6, 6.07) is 2.68. The molecule has 0 amide bonds. The minimum atomic E-state index is -1.36. The smallest absolute Gasteiger partial charge is 0.296 e. The predicted octanol–water partition coefficient (Wildman–Crippen LogP) is 0.627. The number of nitrogens with zero attached hydrogens (tertiary/aromatic N) is 2. The van der Waals surface area contributed by atoms with E-state index in [4.69, 9.17) is 5.11 Å².